The van der Waals surface area contributed by atoms with Gasteiger partial charge in [0.05, 0.1) is 22.6 Å². The molecule has 0 spiro atoms. The molecule has 2 aromatic carbocycles. The largest absolute Gasteiger partial charge is 0.485 e. The number of rotatable bonds is 7. The Bertz CT molecular complexity index is 904. The summed E-state index contributed by atoms with van der Waals surface area (Å²) in [5.41, 5.74) is 0.141. The molecule has 0 aromatic heterocycles. The van der Waals surface area contributed by atoms with E-state index in [4.69, 9.17) is 21.1 Å². The molecule has 2 rings (SSSR count). The lowest BCUT2D eigenvalue weighted by atomic mass is 10.1. The zero-order chi connectivity index (χ0) is 21.0. The van der Waals surface area contributed by atoms with Crippen molar-refractivity contribution in [1.82, 2.24) is 0 Å². The number of anilines is 1. The van der Waals surface area contributed by atoms with Gasteiger partial charge in [-0.3, -0.25) is 25.0 Å². The molecule has 0 radical (unpaired) electrons. The summed E-state index contributed by atoms with van der Waals surface area (Å²) in [5, 5.41) is 25.2. The van der Waals surface area contributed by atoms with Gasteiger partial charge >= 0.3 is 11.4 Å². The van der Waals surface area contributed by atoms with Crippen LogP contribution in [-0.4, -0.2) is 29.5 Å². The number of halogens is 1. The number of methoxy groups -OCH3 is 1. The highest BCUT2D eigenvalue weighted by Crippen LogP contribution is 2.39. The Labute approximate surface area is 164 Å². The number of benzene rings is 2. The number of aryl methyl sites for hydroxylation is 2. The summed E-state index contributed by atoms with van der Waals surface area (Å²) in [5.74, 6) is -0.739. The highest BCUT2D eigenvalue weighted by molar-refractivity contribution is 6.32. The topological polar surface area (TPSA) is 134 Å². The number of nitro groups is 2. The van der Waals surface area contributed by atoms with Crippen molar-refractivity contribution in [1.29, 1.82) is 0 Å². The fraction of sp³-hybridized carbons (Fsp3) is 0.235. The van der Waals surface area contributed by atoms with Crippen molar-refractivity contribution in [2.75, 3.05) is 19.0 Å². The van der Waals surface area contributed by atoms with Crippen molar-refractivity contribution in [2.24, 2.45) is 0 Å². The summed E-state index contributed by atoms with van der Waals surface area (Å²) < 4.78 is 10.2. The van der Waals surface area contributed by atoms with Crippen LogP contribution in [0.2, 0.25) is 5.02 Å². The number of hydrogen-bond donors (Lipinski definition) is 1. The number of hydrogen-bond acceptors (Lipinski definition) is 7. The van der Waals surface area contributed by atoms with Crippen molar-refractivity contribution in [3.05, 3.63) is 60.6 Å². The minimum Gasteiger partial charge on any atom is -0.485 e. The van der Waals surface area contributed by atoms with Gasteiger partial charge in [-0.05, 0) is 37.1 Å². The van der Waals surface area contributed by atoms with Crippen LogP contribution in [0.25, 0.3) is 0 Å². The quantitative estimate of drug-likeness (QED) is 0.542. The standard InChI is InChI=1S/C17H16ClN3O7/c1-9-4-12(5-10(2)16(9)18)28-8-15(22)19-11-6-13(20(23)24)17(27-3)14(7-11)21(25)26/h4-7H,8H2,1-3H3,(H,19,22). The number of nitrogens with one attached hydrogen (secondary N) is 1. The van der Waals surface area contributed by atoms with Gasteiger partial charge in [0.15, 0.2) is 6.61 Å². The molecule has 0 unspecified atom stereocenters. The van der Waals surface area contributed by atoms with E-state index in [1.807, 2.05) is 0 Å². The number of carbonyl (C=O) groups is 1. The Kier molecular flexibility index (Phi) is 6.37. The van der Waals surface area contributed by atoms with E-state index in [0.29, 0.717) is 10.8 Å². The summed E-state index contributed by atoms with van der Waals surface area (Å²) in [6.45, 7) is 3.17. The van der Waals surface area contributed by atoms with Gasteiger partial charge in [-0.1, -0.05) is 11.6 Å². The van der Waals surface area contributed by atoms with Crippen LogP contribution in [0.5, 0.6) is 11.5 Å². The van der Waals surface area contributed by atoms with Gasteiger partial charge in [-0.15, -0.1) is 0 Å². The van der Waals surface area contributed by atoms with Crippen molar-refractivity contribution in [3.63, 3.8) is 0 Å². The summed E-state index contributed by atoms with van der Waals surface area (Å²) in [4.78, 5) is 32.7. The summed E-state index contributed by atoms with van der Waals surface area (Å²) in [6, 6.07) is 5.26. The van der Waals surface area contributed by atoms with Crippen LogP contribution in [0.1, 0.15) is 11.1 Å². The lowest BCUT2D eigenvalue weighted by Crippen LogP contribution is -2.20. The molecule has 0 fully saturated rings. The van der Waals surface area contributed by atoms with Gasteiger partial charge in [-0.25, -0.2) is 0 Å². The fourth-order valence-corrected chi connectivity index (χ4v) is 2.60. The van der Waals surface area contributed by atoms with Gasteiger partial charge in [0, 0.05) is 17.2 Å². The van der Waals surface area contributed by atoms with Gasteiger partial charge in [0.25, 0.3) is 11.7 Å². The molecular formula is C17H16ClN3O7. The average molecular weight is 410 g/mol. The molecule has 0 heterocycles. The van der Waals surface area contributed by atoms with E-state index < -0.39 is 39.5 Å². The van der Waals surface area contributed by atoms with Crippen molar-refractivity contribution in [2.45, 2.75) is 13.8 Å². The molecular weight excluding hydrogens is 394 g/mol. The van der Waals surface area contributed by atoms with Crippen LogP contribution in [0.3, 0.4) is 0 Å². The van der Waals surface area contributed by atoms with Crippen molar-refractivity contribution in [3.8, 4) is 11.5 Å². The minimum atomic E-state index is -0.836. The lowest BCUT2D eigenvalue weighted by Gasteiger charge is -2.11. The Morgan fingerprint density at radius 1 is 1.07 bits per heavy atom. The van der Waals surface area contributed by atoms with E-state index in [-0.39, 0.29) is 5.69 Å². The first-order valence-electron chi connectivity index (χ1n) is 7.84. The highest BCUT2D eigenvalue weighted by Gasteiger charge is 2.28. The maximum absolute atomic E-state index is 12.1. The second-order valence-corrected chi connectivity index (χ2v) is 6.15. The summed E-state index contributed by atoms with van der Waals surface area (Å²) in [6.07, 6.45) is 0. The Hall–Kier alpha value is -3.40. The number of carbonyl (C=O) groups excluding carboxylic acids is 1. The molecule has 1 amide bonds. The van der Waals surface area contributed by atoms with E-state index in [1.54, 1.807) is 26.0 Å². The number of ether oxygens (including phenoxy) is 2. The maximum Gasteiger partial charge on any atom is 0.320 e. The SMILES string of the molecule is COc1c([N+](=O)[O-])cc(NC(=O)COc2cc(C)c(Cl)c(C)c2)cc1[N+](=O)[O-]. The molecule has 0 aliphatic carbocycles. The van der Waals surface area contributed by atoms with Crippen LogP contribution >= 0.6 is 11.6 Å². The molecule has 10 nitrogen and oxygen atoms in total. The average Bonchev–Trinajstić information content (AvgIpc) is 2.63. The van der Waals surface area contributed by atoms with E-state index in [9.17, 15) is 25.0 Å². The van der Waals surface area contributed by atoms with Gasteiger partial charge in [0.2, 0.25) is 0 Å². The predicted octanol–water partition coefficient (Wildman–Crippen LogP) is 3.80. The van der Waals surface area contributed by atoms with E-state index >= 15 is 0 Å². The molecule has 2 aromatic rings. The third-order valence-electron chi connectivity index (χ3n) is 3.71. The first kappa shape index (κ1) is 20.9. The highest BCUT2D eigenvalue weighted by atomic mass is 35.5. The molecule has 0 saturated carbocycles. The van der Waals surface area contributed by atoms with Crippen LogP contribution in [0, 0.1) is 34.1 Å². The number of nitrogens with zero attached hydrogens (tertiary/aromatic N) is 2. The van der Waals surface area contributed by atoms with Gasteiger partial charge in [-0.2, -0.15) is 0 Å². The lowest BCUT2D eigenvalue weighted by molar-refractivity contribution is -0.395. The Morgan fingerprint density at radius 2 is 1.57 bits per heavy atom. The predicted molar refractivity (Wildman–Crippen MR) is 101 cm³/mol. The molecule has 148 valence electrons. The maximum atomic E-state index is 12.1. The Morgan fingerprint density at radius 3 is 2.00 bits per heavy atom. The third kappa shape index (κ3) is 4.65. The summed E-state index contributed by atoms with van der Waals surface area (Å²) in [7, 11) is 1.08. The van der Waals surface area contributed by atoms with E-state index in [0.717, 1.165) is 30.4 Å². The van der Waals surface area contributed by atoms with Crippen LogP contribution in [-0.2, 0) is 4.79 Å². The second-order valence-electron chi connectivity index (χ2n) is 5.77. The molecule has 0 aliphatic rings. The molecule has 0 bridgehead atoms. The first-order valence-corrected chi connectivity index (χ1v) is 8.22. The molecule has 11 heteroatoms. The van der Waals surface area contributed by atoms with Gasteiger partial charge in [0.1, 0.15) is 5.75 Å². The molecule has 0 atom stereocenters. The van der Waals surface area contributed by atoms with Gasteiger partial charge < -0.3 is 14.8 Å². The fourth-order valence-electron chi connectivity index (χ4n) is 2.49. The molecule has 1 N–H and O–H groups in total. The monoisotopic (exact) mass is 409 g/mol. The molecule has 28 heavy (non-hydrogen) atoms. The smallest absolute Gasteiger partial charge is 0.320 e. The second kappa shape index (κ2) is 8.53. The van der Waals surface area contributed by atoms with E-state index in [1.165, 1.54) is 0 Å². The normalized spacial score (nSPS) is 10.3. The van der Waals surface area contributed by atoms with Crippen molar-refractivity contribution < 1.29 is 24.1 Å². The minimum absolute atomic E-state index is 0.128. The zero-order valence-electron chi connectivity index (χ0n) is 15.1. The molecule has 0 aliphatic heterocycles. The van der Waals surface area contributed by atoms with Crippen LogP contribution in [0.15, 0.2) is 24.3 Å². The summed E-state index contributed by atoms with van der Waals surface area (Å²) >= 11 is 6.07. The first-order chi connectivity index (χ1) is 13.1. The number of amides is 1. The zero-order valence-corrected chi connectivity index (χ0v) is 15.9. The third-order valence-corrected chi connectivity index (χ3v) is 4.31. The Balaban J connectivity index is 2.19. The van der Waals surface area contributed by atoms with Crippen LogP contribution < -0.4 is 14.8 Å². The van der Waals surface area contributed by atoms with E-state index in [2.05, 4.69) is 5.32 Å². The van der Waals surface area contributed by atoms with Crippen LogP contribution in [0.4, 0.5) is 17.1 Å². The van der Waals surface area contributed by atoms with Crippen molar-refractivity contribution >= 4 is 34.6 Å². The molecule has 0 saturated heterocycles. The number of nitro benzene ring substituents is 2.